The molecule has 0 aliphatic heterocycles. The topological polar surface area (TPSA) is 50.1 Å². The van der Waals surface area contributed by atoms with Crippen LogP contribution in [0.1, 0.15) is 16.8 Å². The van der Waals surface area contributed by atoms with Gasteiger partial charge in [-0.15, -0.1) is 0 Å². The van der Waals surface area contributed by atoms with Gasteiger partial charge in [-0.2, -0.15) is 0 Å². The number of aryl methyl sites for hydroxylation is 2. The van der Waals surface area contributed by atoms with Gasteiger partial charge in [0.15, 0.2) is 0 Å². The maximum absolute atomic E-state index is 12.8. The fourth-order valence-electron chi connectivity index (χ4n) is 2.46. The van der Waals surface area contributed by atoms with E-state index in [1.807, 2.05) is 32.0 Å². The number of rotatable bonds is 3. The van der Waals surface area contributed by atoms with Crippen LogP contribution in [0.4, 0.5) is 5.69 Å². The number of aliphatic imine (C=N–C) groups is 1. The number of nitrogens with one attached hydrogen (secondary N) is 1. The lowest BCUT2D eigenvalue weighted by molar-refractivity contribution is 0.828. The van der Waals surface area contributed by atoms with E-state index in [2.05, 4.69) is 26.0 Å². The number of aromatic nitrogens is 2. The first-order valence-corrected chi connectivity index (χ1v) is 8.99. The summed E-state index contributed by atoms with van der Waals surface area (Å²) in [5.41, 5.74) is 3.47. The highest BCUT2D eigenvalue weighted by Gasteiger charge is 2.12. The van der Waals surface area contributed by atoms with Crippen molar-refractivity contribution < 1.29 is 0 Å². The lowest BCUT2D eigenvalue weighted by Gasteiger charge is -2.06. The molecule has 3 rings (SSSR count). The molecule has 7 heteroatoms. The maximum Gasteiger partial charge on any atom is 0.280 e. The minimum absolute atomic E-state index is 0.160. The summed E-state index contributed by atoms with van der Waals surface area (Å²) in [6.45, 7) is 3.79. The number of nitrogens with zero attached hydrogens (tertiary/aromatic N) is 2. The summed E-state index contributed by atoms with van der Waals surface area (Å²) < 4.78 is 2.49. The van der Waals surface area contributed by atoms with Crippen molar-refractivity contribution in [3.05, 3.63) is 78.1 Å². The highest BCUT2D eigenvalue weighted by atomic mass is 79.9. The van der Waals surface area contributed by atoms with Crippen LogP contribution in [0.15, 0.2) is 50.7 Å². The van der Waals surface area contributed by atoms with Gasteiger partial charge in [-0.1, -0.05) is 39.1 Å². The Kier molecular flexibility index (Phi) is 5.18. The lowest BCUT2D eigenvalue weighted by Crippen LogP contribution is -2.18. The molecule has 0 bridgehead atoms. The van der Waals surface area contributed by atoms with E-state index in [-0.39, 0.29) is 5.56 Å². The number of H-pyrrole nitrogens is 1. The molecule has 0 aliphatic rings. The molecule has 0 spiro atoms. The Labute approximate surface area is 163 Å². The first kappa shape index (κ1) is 18.0. The van der Waals surface area contributed by atoms with Crippen molar-refractivity contribution >= 4 is 51.0 Å². The second-order valence-corrected chi connectivity index (χ2v) is 7.31. The van der Waals surface area contributed by atoms with E-state index in [9.17, 15) is 4.79 Å². The molecule has 0 saturated carbocycles. The maximum atomic E-state index is 12.8. The van der Waals surface area contributed by atoms with E-state index in [1.54, 1.807) is 24.4 Å². The van der Waals surface area contributed by atoms with Gasteiger partial charge in [-0.05, 0) is 55.8 Å². The Morgan fingerprint density at radius 3 is 2.56 bits per heavy atom. The third-order valence-electron chi connectivity index (χ3n) is 3.76. The highest BCUT2D eigenvalue weighted by Crippen LogP contribution is 2.26. The van der Waals surface area contributed by atoms with Crippen molar-refractivity contribution in [2.75, 3.05) is 0 Å². The predicted octanol–water partition coefficient (Wildman–Crippen LogP) is 5.60. The summed E-state index contributed by atoms with van der Waals surface area (Å²) in [4.78, 5) is 17.1. The molecule has 3 aromatic rings. The number of hydrogen-bond donors (Lipinski definition) is 1. The summed E-state index contributed by atoms with van der Waals surface area (Å²) in [5, 5.41) is 3.98. The monoisotopic (exact) mass is 437 g/mol. The zero-order chi connectivity index (χ0) is 18.1. The molecule has 0 radical (unpaired) electrons. The largest absolute Gasteiger partial charge is 0.295 e. The summed E-state index contributed by atoms with van der Waals surface area (Å²) in [6, 6.07) is 10.8. The minimum atomic E-state index is -0.160. The van der Waals surface area contributed by atoms with E-state index in [0.29, 0.717) is 21.3 Å². The Hall–Kier alpha value is -1.82. The van der Waals surface area contributed by atoms with Crippen molar-refractivity contribution in [3.63, 3.8) is 0 Å². The van der Waals surface area contributed by atoms with Crippen molar-refractivity contribution in [1.29, 1.82) is 0 Å². The molecule has 0 unspecified atom stereocenters. The van der Waals surface area contributed by atoms with E-state index >= 15 is 0 Å². The van der Waals surface area contributed by atoms with Crippen molar-refractivity contribution in [2.45, 2.75) is 13.8 Å². The van der Waals surface area contributed by atoms with E-state index < -0.39 is 0 Å². The van der Waals surface area contributed by atoms with Gasteiger partial charge in [0.25, 0.3) is 5.56 Å². The highest BCUT2D eigenvalue weighted by molar-refractivity contribution is 9.10. The van der Waals surface area contributed by atoms with Gasteiger partial charge in [0.1, 0.15) is 0 Å². The van der Waals surface area contributed by atoms with Crippen LogP contribution in [-0.2, 0) is 0 Å². The molecule has 1 heterocycles. The van der Waals surface area contributed by atoms with E-state index in [1.165, 1.54) is 4.68 Å². The quantitative estimate of drug-likeness (QED) is 0.531. The first-order chi connectivity index (χ1) is 11.9. The summed E-state index contributed by atoms with van der Waals surface area (Å²) in [6.07, 6.45) is 1.54. The SMILES string of the molecule is Cc1cc(Br)ccc1-n1[nH]c(C)c(C=Nc2ccc(Cl)c(Cl)c2)c1=O. The van der Waals surface area contributed by atoms with Gasteiger partial charge in [-0.25, -0.2) is 4.68 Å². The van der Waals surface area contributed by atoms with E-state index in [0.717, 1.165) is 21.4 Å². The van der Waals surface area contributed by atoms with Crippen molar-refractivity contribution in [3.8, 4) is 5.69 Å². The normalized spacial score (nSPS) is 11.4. The molecular formula is C18H14BrCl2N3O. The van der Waals surface area contributed by atoms with Crippen LogP contribution >= 0.6 is 39.1 Å². The average Bonchev–Trinajstić information content (AvgIpc) is 2.83. The van der Waals surface area contributed by atoms with Crippen molar-refractivity contribution in [1.82, 2.24) is 9.78 Å². The molecule has 0 fully saturated rings. The molecule has 0 aliphatic carbocycles. The fraction of sp³-hybridized carbons (Fsp3) is 0.111. The second-order valence-electron chi connectivity index (χ2n) is 5.58. The molecule has 4 nitrogen and oxygen atoms in total. The smallest absolute Gasteiger partial charge is 0.280 e. The number of hydrogen-bond acceptors (Lipinski definition) is 2. The van der Waals surface area contributed by atoms with Crippen LogP contribution in [0.25, 0.3) is 5.69 Å². The Balaban J connectivity index is 2.01. The molecule has 2 aromatic carbocycles. The average molecular weight is 439 g/mol. The number of aromatic amines is 1. The molecule has 25 heavy (non-hydrogen) atoms. The third kappa shape index (κ3) is 3.73. The molecule has 0 saturated heterocycles. The molecule has 128 valence electrons. The molecule has 0 atom stereocenters. The fourth-order valence-corrected chi connectivity index (χ4v) is 3.22. The molecule has 1 aromatic heterocycles. The Morgan fingerprint density at radius 1 is 1.12 bits per heavy atom. The Morgan fingerprint density at radius 2 is 1.88 bits per heavy atom. The third-order valence-corrected chi connectivity index (χ3v) is 4.99. The van der Waals surface area contributed by atoms with Crippen LogP contribution in [0, 0.1) is 13.8 Å². The van der Waals surface area contributed by atoms with Crippen LogP contribution < -0.4 is 5.56 Å². The van der Waals surface area contributed by atoms with Crippen LogP contribution in [0.3, 0.4) is 0 Å². The molecule has 0 amide bonds. The van der Waals surface area contributed by atoms with E-state index in [4.69, 9.17) is 23.2 Å². The van der Waals surface area contributed by atoms with Crippen LogP contribution in [0.2, 0.25) is 10.0 Å². The summed E-state index contributed by atoms with van der Waals surface area (Å²) in [7, 11) is 0. The van der Waals surface area contributed by atoms with Gasteiger partial charge >= 0.3 is 0 Å². The predicted molar refractivity (Wildman–Crippen MR) is 107 cm³/mol. The standard InChI is InChI=1S/C18H14BrCl2N3O/c1-10-7-12(19)3-6-17(10)24-18(25)14(11(2)23-24)9-22-13-4-5-15(20)16(21)8-13/h3-9,23H,1-2H3. The number of halogens is 3. The minimum Gasteiger partial charge on any atom is -0.295 e. The zero-order valence-corrected chi connectivity index (χ0v) is 16.6. The lowest BCUT2D eigenvalue weighted by atomic mass is 10.2. The Bertz CT molecular complexity index is 1040. The van der Waals surface area contributed by atoms with Crippen molar-refractivity contribution in [2.24, 2.45) is 4.99 Å². The molecular weight excluding hydrogens is 425 g/mol. The second kappa shape index (κ2) is 7.20. The van der Waals surface area contributed by atoms with Gasteiger partial charge in [-0.3, -0.25) is 14.9 Å². The first-order valence-electron chi connectivity index (χ1n) is 7.44. The summed E-state index contributed by atoms with van der Waals surface area (Å²) >= 11 is 15.3. The van der Waals surface area contributed by atoms with Gasteiger partial charge in [0, 0.05) is 16.4 Å². The summed E-state index contributed by atoms with van der Waals surface area (Å²) in [5.74, 6) is 0. The van der Waals surface area contributed by atoms with Gasteiger partial charge < -0.3 is 0 Å². The molecule has 1 N–H and O–H groups in total. The van der Waals surface area contributed by atoms with Gasteiger partial charge in [0.05, 0.1) is 27.0 Å². The van der Waals surface area contributed by atoms with Crippen LogP contribution in [-0.4, -0.2) is 16.0 Å². The number of benzene rings is 2. The van der Waals surface area contributed by atoms with Crippen LogP contribution in [0.5, 0.6) is 0 Å². The zero-order valence-electron chi connectivity index (χ0n) is 13.5. The van der Waals surface area contributed by atoms with Gasteiger partial charge in [0.2, 0.25) is 0 Å².